The summed E-state index contributed by atoms with van der Waals surface area (Å²) in [4.78, 5) is 16.4. The number of amides is 1. The number of carbonyl (C=O) groups is 1. The second-order valence-electron chi connectivity index (χ2n) is 5.00. The Morgan fingerprint density at radius 1 is 1.35 bits per heavy atom. The van der Waals surface area contributed by atoms with E-state index in [1.165, 1.54) is 0 Å². The summed E-state index contributed by atoms with van der Waals surface area (Å²) in [7, 11) is 0. The number of nitrogens with one attached hydrogen (secondary N) is 1. The second kappa shape index (κ2) is 6.10. The molecular weight excluding hydrogens is 314 g/mol. The Balaban J connectivity index is 1.97. The first-order valence-electron chi connectivity index (χ1n) is 6.87. The number of carbonyl (C=O) groups excluding carboxylic acids is 1. The van der Waals surface area contributed by atoms with Gasteiger partial charge in [0.1, 0.15) is 0 Å². The van der Waals surface area contributed by atoms with Crippen LogP contribution >= 0.6 is 11.6 Å². The molecule has 0 atom stereocenters. The van der Waals surface area contributed by atoms with Crippen LogP contribution in [0.25, 0.3) is 11.0 Å². The van der Waals surface area contributed by atoms with E-state index >= 15 is 0 Å². The quantitative estimate of drug-likeness (QED) is 0.438. The van der Waals surface area contributed by atoms with Crippen LogP contribution in [0.5, 0.6) is 0 Å². The molecule has 7 heteroatoms. The van der Waals surface area contributed by atoms with E-state index in [1.807, 2.05) is 34.9 Å². The lowest BCUT2D eigenvalue weighted by molar-refractivity contribution is -0.106. The number of imidazole rings is 1. The largest absolute Gasteiger partial charge is 0.369 e. The molecule has 3 aromatic rings. The smallest absolute Gasteiger partial charge is 0.221 e. The molecule has 6 nitrogen and oxygen atoms in total. The van der Waals surface area contributed by atoms with E-state index in [4.69, 9.17) is 22.7 Å². The first-order valence-corrected chi connectivity index (χ1v) is 7.25. The van der Waals surface area contributed by atoms with Crippen molar-refractivity contribution >= 4 is 40.7 Å². The molecular formula is C16H14ClN5O. The van der Waals surface area contributed by atoms with E-state index in [1.54, 1.807) is 18.5 Å². The Morgan fingerprint density at radius 3 is 2.83 bits per heavy atom. The van der Waals surface area contributed by atoms with Gasteiger partial charge in [-0.25, -0.2) is 4.98 Å². The molecule has 1 amide bonds. The van der Waals surface area contributed by atoms with Gasteiger partial charge in [-0.3, -0.25) is 15.1 Å². The minimum absolute atomic E-state index is 0.338. The van der Waals surface area contributed by atoms with Crippen molar-refractivity contribution in [1.29, 1.82) is 5.41 Å². The highest BCUT2D eigenvalue weighted by Gasteiger charge is 2.11. The van der Waals surface area contributed by atoms with Gasteiger partial charge >= 0.3 is 0 Å². The zero-order valence-electron chi connectivity index (χ0n) is 12.1. The molecule has 2 aromatic carbocycles. The highest BCUT2D eigenvalue weighted by Crippen LogP contribution is 2.23. The Hall–Kier alpha value is -2.86. The fourth-order valence-corrected chi connectivity index (χ4v) is 2.59. The van der Waals surface area contributed by atoms with Crippen molar-refractivity contribution < 1.29 is 4.79 Å². The zero-order chi connectivity index (χ0) is 16.4. The fourth-order valence-electron chi connectivity index (χ4n) is 2.39. The zero-order valence-corrected chi connectivity index (χ0v) is 12.9. The van der Waals surface area contributed by atoms with Gasteiger partial charge in [-0.1, -0.05) is 29.8 Å². The third-order valence-electron chi connectivity index (χ3n) is 3.55. The van der Waals surface area contributed by atoms with E-state index in [2.05, 4.69) is 4.98 Å². The van der Waals surface area contributed by atoms with E-state index in [9.17, 15) is 4.79 Å². The predicted molar refractivity (Wildman–Crippen MR) is 90.7 cm³/mol. The molecule has 3 rings (SSSR count). The molecule has 0 unspecified atom stereocenters. The molecule has 0 spiro atoms. The molecule has 0 fully saturated rings. The third-order valence-corrected chi connectivity index (χ3v) is 3.92. The van der Waals surface area contributed by atoms with Gasteiger partial charge in [-0.05, 0) is 29.8 Å². The van der Waals surface area contributed by atoms with Gasteiger partial charge in [-0.15, -0.1) is 0 Å². The van der Waals surface area contributed by atoms with Crippen LogP contribution in [-0.2, 0) is 11.3 Å². The lowest BCUT2D eigenvalue weighted by Gasteiger charge is -2.14. The number of nitrogens with zero attached hydrogens (tertiary/aromatic N) is 3. The molecule has 0 bridgehead atoms. The number of guanidine groups is 1. The number of rotatable bonds is 4. The van der Waals surface area contributed by atoms with Crippen molar-refractivity contribution in [2.45, 2.75) is 6.54 Å². The van der Waals surface area contributed by atoms with Gasteiger partial charge in [0, 0.05) is 5.02 Å². The van der Waals surface area contributed by atoms with Crippen molar-refractivity contribution in [3.63, 3.8) is 0 Å². The second-order valence-corrected chi connectivity index (χ2v) is 5.40. The first-order chi connectivity index (χ1) is 11.1. The molecule has 116 valence electrons. The van der Waals surface area contributed by atoms with Crippen molar-refractivity contribution in [2.24, 2.45) is 5.73 Å². The third kappa shape index (κ3) is 2.89. The van der Waals surface area contributed by atoms with Crippen LogP contribution in [-0.4, -0.2) is 21.9 Å². The van der Waals surface area contributed by atoms with Crippen LogP contribution in [0.4, 0.5) is 5.69 Å². The van der Waals surface area contributed by atoms with Crippen molar-refractivity contribution in [3.05, 3.63) is 59.4 Å². The Labute approximate surface area is 137 Å². The maximum Gasteiger partial charge on any atom is 0.221 e. The Bertz CT molecular complexity index is 889. The molecule has 0 aliphatic rings. The van der Waals surface area contributed by atoms with Crippen LogP contribution in [0, 0.1) is 5.41 Å². The Morgan fingerprint density at radius 2 is 2.13 bits per heavy atom. The number of anilines is 1. The van der Waals surface area contributed by atoms with Crippen LogP contribution in [0.3, 0.4) is 0 Å². The van der Waals surface area contributed by atoms with Gasteiger partial charge < -0.3 is 10.3 Å². The van der Waals surface area contributed by atoms with E-state index < -0.39 is 0 Å². The van der Waals surface area contributed by atoms with E-state index in [-0.39, 0.29) is 5.96 Å². The Kier molecular flexibility index (Phi) is 3.99. The average Bonchev–Trinajstić information content (AvgIpc) is 2.92. The average molecular weight is 328 g/mol. The normalized spacial score (nSPS) is 10.7. The lowest BCUT2D eigenvalue weighted by Crippen LogP contribution is -2.35. The number of halogens is 1. The summed E-state index contributed by atoms with van der Waals surface area (Å²) in [6, 6.07) is 12.9. The number of benzene rings is 2. The predicted octanol–water partition coefficient (Wildman–Crippen LogP) is 2.59. The summed E-state index contributed by atoms with van der Waals surface area (Å²) < 4.78 is 1.97. The number of fused-ring (bicyclic) bond motifs is 1. The molecule has 0 saturated carbocycles. The first kappa shape index (κ1) is 15.1. The van der Waals surface area contributed by atoms with Gasteiger partial charge in [0.25, 0.3) is 0 Å². The minimum Gasteiger partial charge on any atom is -0.369 e. The van der Waals surface area contributed by atoms with Crippen molar-refractivity contribution in [3.8, 4) is 0 Å². The molecule has 0 aliphatic carbocycles. The number of hydrogen-bond acceptors (Lipinski definition) is 3. The molecule has 3 N–H and O–H groups in total. The fraction of sp³-hybridized carbons (Fsp3) is 0.0625. The summed E-state index contributed by atoms with van der Waals surface area (Å²) in [6.07, 6.45) is 2.22. The number of hydrogen-bond donors (Lipinski definition) is 2. The van der Waals surface area contributed by atoms with E-state index in [0.29, 0.717) is 29.2 Å². The summed E-state index contributed by atoms with van der Waals surface area (Å²) in [6.45, 7) is 0.597. The van der Waals surface area contributed by atoms with Crippen molar-refractivity contribution in [1.82, 2.24) is 9.55 Å². The number of nitrogens with two attached hydrogens (primary N) is 1. The van der Waals surface area contributed by atoms with Gasteiger partial charge in [0.15, 0.2) is 5.96 Å². The van der Waals surface area contributed by atoms with Gasteiger partial charge in [0.2, 0.25) is 6.41 Å². The van der Waals surface area contributed by atoms with Crippen LogP contribution in [0.1, 0.15) is 5.56 Å². The van der Waals surface area contributed by atoms with Crippen LogP contribution < -0.4 is 10.6 Å². The maximum absolute atomic E-state index is 11.0. The molecule has 1 aromatic heterocycles. The molecule has 1 heterocycles. The minimum atomic E-state index is -0.338. The SMILES string of the molecule is N=C(N)N(C=O)c1ccc2c(c1)ncn2Cc1ccccc1Cl. The standard InChI is InChI=1S/C16H14ClN5O/c17-13-4-2-1-3-11(13)8-21-9-20-14-7-12(5-6-15(14)21)22(10-23)16(18)19/h1-7,9-10H,8H2,(H3,18,19). The van der Waals surface area contributed by atoms with Crippen LogP contribution in [0.2, 0.25) is 5.02 Å². The monoisotopic (exact) mass is 327 g/mol. The van der Waals surface area contributed by atoms with Gasteiger partial charge in [-0.2, -0.15) is 0 Å². The summed E-state index contributed by atoms with van der Waals surface area (Å²) in [5.74, 6) is -0.338. The summed E-state index contributed by atoms with van der Waals surface area (Å²) >= 11 is 6.20. The summed E-state index contributed by atoms with van der Waals surface area (Å²) in [5.41, 5.74) is 8.50. The molecule has 23 heavy (non-hydrogen) atoms. The highest BCUT2D eigenvalue weighted by atomic mass is 35.5. The molecule has 0 radical (unpaired) electrons. The molecule has 0 aliphatic heterocycles. The maximum atomic E-state index is 11.0. The van der Waals surface area contributed by atoms with Crippen molar-refractivity contribution in [2.75, 3.05) is 4.90 Å². The number of aromatic nitrogens is 2. The topological polar surface area (TPSA) is 88.0 Å². The molecule has 0 saturated heterocycles. The van der Waals surface area contributed by atoms with E-state index in [0.717, 1.165) is 16.0 Å². The van der Waals surface area contributed by atoms with Gasteiger partial charge in [0.05, 0.1) is 29.6 Å². The van der Waals surface area contributed by atoms with Crippen LogP contribution in [0.15, 0.2) is 48.8 Å². The highest BCUT2D eigenvalue weighted by molar-refractivity contribution is 6.31. The lowest BCUT2D eigenvalue weighted by atomic mass is 10.2. The summed E-state index contributed by atoms with van der Waals surface area (Å²) in [5, 5.41) is 8.11.